The lowest BCUT2D eigenvalue weighted by atomic mass is 10.2. The van der Waals surface area contributed by atoms with Gasteiger partial charge in [-0.1, -0.05) is 23.7 Å². The molecule has 0 spiro atoms. The molecule has 1 fully saturated rings. The minimum atomic E-state index is -0.356. The molecular weight excluding hydrogens is 472 g/mol. The van der Waals surface area contributed by atoms with E-state index in [1.165, 1.54) is 7.11 Å². The van der Waals surface area contributed by atoms with Crippen LogP contribution in [-0.2, 0) is 14.3 Å². The zero-order valence-electron chi connectivity index (χ0n) is 19.8. The SMILES string of the molecule is COCC(=O)N(CC(=O)Nc1nc(-c2ccc(Cl)cc2)cn1-c1cc(OC)cc(OC)c1)C1CC1. The zero-order valence-corrected chi connectivity index (χ0v) is 20.5. The van der Waals surface area contributed by atoms with Crippen molar-refractivity contribution >= 4 is 29.4 Å². The molecule has 4 rings (SSSR count). The van der Waals surface area contributed by atoms with Crippen LogP contribution in [0.15, 0.2) is 48.7 Å². The van der Waals surface area contributed by atoms with Crippen LogP contribution in [0.25, 0.3) is 16.9 Å². The minimum absolute atomic E-state index is 0.0652. The molecule has 0 radical (unpaired) electrons. The lowest BCUT2D eigenvalue weighted by Gasteiger charge is -2.21. The van der Waals surface area contributed by atoms with Crippen molar-refractivity contribution in [2.24, 2.45) is 0 Å². The first-order valence-electron chi connectivity index (χ1n) is 11.1. The molecule has 2 aromatic carbocycles. The van der Waals surface area contributed by atoms with Gasteiger partial charge in [-0.25, -0.2) is 4.98 Å². The fraction of sp³-hybridized carbons (Fsp3) is 0.320. The van der Waals surface area contributed by atoms with Crippen LogP contribution < -0.4 is 14.8 Å². The van der Waals surface area contributed by atoms with E-state index in [-0.39, 0.29) is 31.0 Å². The maximum Gasteiger partial charge on any atom is 0.249 e. The lowest BCUT2D eigenvalue weighted by Crippen LogP contribution is -2.41. The summed E-state index contributed by atoms with van der Waals surface area (Å²) in [5.41, 5.74) is 2.14. The van der Waals surface area contributed by atoms with Gasteiger partial charge in [0, 0.05) is 48.1 Å². The van der Waals surface area contributed by atoms with Crippen LogP contribution in [0, 0.1) is 0 Å². The van der Waals surface area contributed by atoms with E-state index in [1.54, 1.807) is 41.9 Å². The van der Waals surface area contributed by atoms with E-state index in [4.69, 9.17) is 25.8 Å². The minimum Gasteiger partial charge on any atom is -0.497 e. The molecule has 0 atom stereocenters. The Morgan fingerprint density at radius 3 is 2.31 bits per heavy atom. The van der Waals surface area contributed by atoms with E-state index in [9.17, 15) is 9.59 Å². The maximum absolute atomic E-state index is 13.0. The van der Waals surface area contributed by atoms with Gasteiger partial charge in [0.25, 0.3) is 0 Å². The molecule has 1 aromatic heterocycles. The molecule has 9 nitrogen and oxygen atoms in total. The number of benzene rings is 2. The molecule has 1 heterocycles. The van der Waals surface area contributed by atoms with Gasteiger partial charge in [0.2, 0.25) is 17.8 Å². The number of hydrogen-bond acceptors (Lipinski definition) is 6. The first kappa shape index (κ1) is 24.6. The van der Waals surface area contributed by atoms with Gasteiger partial charge in [-0.3, -0.25) is 19.5 Å². The largest absolute Gasteiger partial charge is 0.497 e. The number of amides is 2. The summed E-state index contributed by atoms with van der Waals surface area (Å²) in [5.74, 6) is 0.899. The molecule has 3 aromatic rings. The summed E-state index contributed by atoms with van der Waals surface area (Å²) in [4.78, 5) is 31.7. The first-order valence-corrected chi connectivity index (χ1v) is 11.5. The number of ether oxygens (including phenoxy) is 3. The second-order valence-corrected chi connectivity index (χ2v) is 8.57. The Balaban J connectivity index is 1.67. The van der Waals surface area contributed by atoms with E-state index in [1.807, 2.05) is 30.5 Å². The number of methoxy groups -OCH3 is 3. The number of halogens is 1. The molecule has 0 aliphatic heterocycles. The van der Waals surface area contributed by atoms with Gasteiger partial charge in [0.1, 0.15) is 24.7 Å². The fourth-order valence-corrected chi connectivity index (χ4v) is 3.81. The van der Waals surface area contributed by atoms with Gasteiger partial charge in [-0.2, -0.15) is 0 Å². The normalized spacial score (nSPS) is 12.8. The molecule has 0 unspecified atom stereocenters. The van der Waals surface area contributed by atoms with E-state index in [0.29, 0.717) is 33.9 Å². The van der Waals surface area contributed by atoms with Gasteiger partial charge in [0.05, 0.1) is 25.6 Å². The molecule has 35 heavy (non-hydrogen) atoms. The molecule has 0 bridgehead atoms. The topological polar surface area (TPSA) is 94.9 Å². The van der Waals surface area contributed by atoms with Crippen LogP contribution in [0.4, 0.5) is 5.95 Å². The number of rotatable bonds is 10. The molecule has 1 aliphatic carbocycles. The molecular formula is C25H27ClN4O5. The average molecular weight is 499 g/mol. The Labute approximate surface area is 208 Å². The zero-order chi connectivity index (χ0) is 24.9. The van der Waals surface area contributed by atoms with Gasteiger partial charge in [-0.05, 0) is 25.0 Å². The first-order chi connectivity index (χ1) is 16.9. The molecule has 1 saturated carbocycles. The third-order valence-corrected chi connectivity index (χ3v) is 5.85. The van der Waals surface area contributed by atoms with Crippen LogP contribution >= 0.6 is 11.6 Å². The van der Waals surface area contributed by atoms with Crippen LogP contribution in [0.5, 0.6) is 11.5 Å². The van der Waals surface area contributed by atoms with Crippen LogP contribution in [-0.4, -0.2) is 66.8 Å². The van der Waals surface area contributed by atoms with E-state index < -0.39 is 0 Å². The molecule has 184 valence electrons. The number of carbonyl (C=O) groups excluding carboxylic acids is 2. The smallest absolute Gasteiger partial charge is 0.249 e. The van der Waals surface area contributed by atoms with Crippen LogP contribution in [0.1, 0.15) is 12.8 Å². The molecule has 10 heteroatoms. The fourth-order valence-electron chi connectivity index (χ4n) is 3.69. The summed E-state index contributed by atoms with van der Waals surface area (Å²) in [6.07, 6.45) is 3.56. The predicted octanol–water partition coefficient (Wildman–Crippen LogP) is 3.79. The predicted molar refractivity (Wildman–Crippen MR) is 132 cm³/mol. The third kappa shape index (κ3) is 5.93. The average Bonchev–Trinajstić information content (AvgIpc) is 3.62. The van der Waals surface area contributed by atoms with E-state index >= 15 is 0 Å². The number of aromatic nitrogens is 2. The van der Waals surface area contributed by atoms with Crippen molar-refractivity contribution in [3.05, 3.63) is 53.7 Å². The van der Waals surface area contributed by atoms with Crippen molar-refractivity contribution in [3.63, 3.8) is 0 Å². The summed E-state index contributed by atoms with van der Waals surface area (Å²) < 4.78 is 17.5. The number of nitrogens with zero attached hydrogens (tertiary/aromatic N) is 3. The quantitative estimate of drug-likeness (QED) is 0.457. The monoisotopic (exact) mass is 498 g/mol. The number of hydrogen-bond donors (Lipinski definition) is 1. The van der Waals surface area contributed by atoms with Gasteiger partial charge in [-0.15, -0.1) is 0 Å². The van der Waals surface area contributed by atoms with Gasteiger partial charge in [0.15, 0.2) is 0 Å². The van der Waals surface area contributed by atoms with E-state index in [0.717, 1.165) is 18.4 Å². The Bertz CT molecular complexity index is 1180. The van der Waals surface area contributed by atoms with Crippen molar-refractivity contribution in [1.29, 1.82) is 0 Å². The van der Waals surface area contributed by atoms with Gasteiger partial charge >= 0.3 is 0 Å². The third-order valence-electron chi connectivity index (χ3n) is 5.60. The van der Waals surface area contributed by atoms with Crippen molar-refractivity contribution < 1.29 is 23.8 Å². The van der Waals surface area contributed by atoms with Gasteiger partial charge < -0.3 is 19.1 Å². The van der Waals surface area contributed by atoms with Crippen LogP contribution in [0.3, 0.4) is 0 Å². The molecule has 1 aliphatic rings. The second-order valence-electron chi connectivity index (χ2n) is 8.13. The highest BCUT2D eigenvalue weighted by atomic mass is 35.5. The maximum atomic E-state index is 13.0. The summed E-state index contributed by atoms with van der Waals surface area (Å²) in [5, 5.41) is 3.48. The summed E-state index contributed by atoms with van der Waals surface area (Å²) in [7, 11) is 4.59. The highest BCUT2D eigenvalue weighted by Gasteiger charge is 2.34. The Morgan fingerprint density at radius 1 is 1.09 bits per heavy atom. The van der Waals surface area contributed by atoms with Crippen molar-refractivity contribution in [2.45, 2.75) is 18.9 Å². The number of nitrogens with one attached hydrogen (secondary N) is 1. The second kappa shape index (κ2) is 10.8. The Hall–Kier alpha value is -3.56. The van der Waals surface area contributed by atoms with Crippen molar-refractivity contribution in [1.82, 2.24) is 14.5 Å². The van der Waals surface area contributed by atoms with Crippen molar-refractivity contribution in [3.8, 4) is 28.4 Å². The Morgan fingerprint density at radius 2 is 1.74 bits per heavy atom. The number of imidazole rings is 1. The highest BCUT2D eigenvalue weighted by Crippen LogP contribution is 2.31. The summed E-state index contributed by atoms with van der Waals surface area (Å²) >= 11 is 6.04. The lowest BCUT2D eigenvalue weighted by molar-refractivity contribution is -0.138. The highest BCUT2D eigenvalue weighted by molar-refractivity contribution is 6.30. The molecule has 1 N–H and O–H groups in total. The molecule has 2 amide bonds. The summed E-state index contributed by atoms with van der Waals surface area (Å²) in [6.45, 7) is -0.153. The summed E-state index contributed by atoms with van der Waals surface area (Å²) in [6, 6.07) is 12.7. The van der Waals surface area contributed by atoms with Crippen LogP contribution in [0.2, 0.25) is 5.02 Å². The number of anilines is 1. The molecule has 0 saturated heterocycles. The Kier molecular flexibility index (Phi) is 7.57. The van der Waals surface area contributed by atoms with E-state index in [2.05, 4.69) is 10.3 Å². The standard InChI is InChI=1S/C25H27ClN4O5/c1-33-15-24(32)29(18-8-9-18)14-23(31)28-25-27-22(16-4-6-17(26)7-5-16)13-30(25)19-10-20(34-2)12-21(11-19)35-3/h4-7,10-13,18H,8-9,14-15H2,1-3H3,(H,27,28,31). The number of carbonyl (C=O) groups is 2. The van der Waals surface area contributed by atoms with Crippen molar-refractivity contribution in [2.75, 3.05) is 39.8 Å².